The molecule has 0 radical (unpaired) electrons. The summed E-state index contributed by atoms with van der Waals surface area (Å²) in [5.74, 6) is 0.261. The molecule has 2 rings (SSSR count). The highest BCUT2D eigenvalue weighted by Crippen LogP contribution is 2.15. The number of hydrogen-bond acceptors (Lipinski definition) is 2. The SMILES string of the molecule is CNC(=N)n1ccc(-c2ccccc2)n1. The molecule has 0 atom stereocenters. The Morgan fingerprint density at radius 1 is 1.27 bits per heavy atom. The fourth-order valence-corrected chi connectivity index (χ4v) is 1.33. The highest BCUT2D eigenvalue weighted by atomic mass is 15.4. The molecule has 2 aromatic rings. The van der Waals surface area contributed by atoms with E-state index >= 15 is 0 Å². The molecule has 0 aliphatic heterocycles. The van der Waals surface area contributed by atoms with Crippen LogP contribution in [0.3, 0.4) is 0 Å². The molecule has 4 heteroatoms. The molecule has 0 aliphatic rings. The minimum Gasteiger partial charge on any atom is -0.358 e. The lowest BCUT2D eigenvalue weighted by molar-refractivity contribution is 0.872. The Morgan fingerprint density at radius 3 is 2.67 bits per heavy atom. The van der Waals surface area contributed by atoms with Crippen LogP contribution in [-0.4, -0.2) is 22.8 Å². The van der Waals surface area contributed by atoms with Crippen molar-refractivity contribution in [1.29, 1.82) is 5.41 Å². The maximum absolute atomic E-state index is 7.54. The van der Waals surface area contributed by atoms with E-state index in [2.05, 4.69) is 10.4 Å². The molecule has 1 aromatic carbocycles. The van der Waals surface area contributed by atoms with Crippen LogP contribution in [0, 0.1) is 5.41 Å². The summed E-state index contributed by atoms with van der Waals surface area (Å²) in [4.78, 5) is 0. The van der Waals surface area contributed by atoms with Gasteiger partial charge in [0.1, 0.15) is 0 Å². The first-order chi connectivity index (χ1) is 7.31. The summed E-state index contributed by atoms with van der Waals surface area (Å²) < 4.78 is 1.50. The maximum Gasteiger partial charge on any atom is 0.216 e. The van der Waals surface area contributed by atoms with E-state index in [0.717, 1.165) is 11.3 Å². The molecule has 0 spiro atoms. The largest absolute Gasteiger partial charge is 0.358 e. The molecule has 1 aromatic heterocycles. The molecule has 15 heavy (non-hydrogen) atoms. The third kappa shape index (κ3) is 1.88. The minimum atomic E-state index is 0.261. The molecule has 1 heterocycles. The quantitative estimate of drug-likeness (QED) is 0.542. The van der Waals surface area contributed by atoms with Gasteiger partial charge in [0.2, 0.25) is 5.96 Å². The Balaban J connectivity index is 2.32. The Labute approximate surface area is 88.1 Å². The van der Waals surface area contributed by atoms with Gasteiger partial charge in [0.25, 0.3) is 0 Å². The lowest BCUT2D eigenvalue weighted by Crippen LogP contribution is -2.25. The van der Waals surface area contributed by atoms with Gasteiger partial charge in [-0.25, -0.2) is 4.68 Å². The van der Waals surface area contributed by atoms with Crippen LogP contribution in [0.1, 0.15) is 0 Å². The summed E-state index contributed by atoms with van der Waals surface area (Å²) in [7, 11) is 1.70. The van der Waals surface area contributed by atoms with Crippen molar-refractivity contribution in [1.82, 2.24) is 15.1 Å². The lowest BCUT2D eigenvalue weighted by atomic mass is 10.2. The van der Waals surface area contributed by atoms with Crippen LogP contribution in [0.4, 0.5) is 0 Å². The zero-order chi connectivity index (χ0) is 10.7. The summed E-state index contributed by atoms with van der Waals surface area (Å²) in [6, 6.07) is 11.8. The summed E-state index contributed by atoms with van der Waals surface area (Å²) in [6.45, 7) is 0. The first-order valence-corrected chi connectivity index (χ1v) is 4.69. The second kappa shape index (κ2) is 3.96. The molecule has 0 aliphatic carbocycles. The average Bonchev–Trinajstić information content (AvgIpc) is 2.78. The normalized spacial score (nSPS) is 9.93. The predicted molar refractivity (Wildman–Crippen MR) is 59.8 cm³/mol. The summed E-state index contributed by atoms with van der Waals surface area (Å²) >= 11 is 0. The standard InChI is InChI=1S/C11H12N4/c1-13-11(12)15-8-7-10(14-15)9-5-3-2-4-6-9/h2-8H,1H3,(H2,12,13). The van der Waals surface area contributed by atoms with E-state index in [0.29, 0.717) is 0 Å². The van der Waals surface area contributed by atoms with Gasteiger partial charge in [-0.15, -0.1) is 0 Å². The third-order valence-corrected chi connectivity index (χ3v) is 2.12. The van der Waals surface area contributed by atoms with Gasteiger partial charge in [0.15, 0.2) is 0 Å². The number of aromatic nitrogens is 2. The van der Waals surface area contributed by atoms with Crippen molar-refractivity contribution in [2.45, 2.75) is 0 Å². The van der Waals surface area contributed by atoms with E-state index in [1.807, 2.05) is 36.4 Å². The lowest BCUT2D eigenvalue weighted by Gasteiger charge is -2.00. The van der Waals surface area contributed by atoms with E-state index in [4.69, 9.17) is 5.41 Å². The van der Waals surface area contributed by atoms with Crippen molar-refractivity contribution in [2.24, 2.45) is 0 Å². The smallest absolute Gasteiger partial charge is 0.216 e. The minimum absolute atomic E-state index is 0.261. The van der Waals surface area contributed by atoms with E-state index in [-0.39, 0.29) is 5.96 Å². The maximum atomic E-state index is 7.54. The Bertz CT molecular complexity index is 458. The van der Waals surface area contributed by atoms with Crippen molar-refractivity contribution in [3.8, 4) is 11.3 Å². The number of nitrogens with zero attached hydrogens (tertiary/aromatic N) is 2. The topological polar surface area (TPSA) is 53.7 Å². The summed E-state index contributed by atoms with van der Waals surface area (Å²) in [5, 5.41) is 14.6. The van der Waals surface area contributed by atoms with Gasteiger partial charge in [0, 0.05) is 18.8 Å². The van der Waals surface area contributed by atoms with Crippen molar-refractivity contribution in [3.05, 3.63) is 42.6 Å². The molecule has 4 nitrogen and oxygen atoms in total. The fraction of sp³-hybridized carbons (Fsp3) is 0.0909. The molecular weight excluding hydrogens is 188 g/mol. The predicted octanol–water partition coefficient (Wildman–Crippen LogP) is 1.55. The number of rotatable bonds is 1. The molecule has 0 saturated carbocycles. The van der Waals surface area contributed by atoms with Crippen molar-refractivity contribution in [3.63, 3.8) is 0 Å². The molecule has 0 amide bonds. The van der Waals surface area contributed by atoms with Crippen LogP contribution in [-0.2, 0) is 0 Å². The molecule has 76 valence electrons. The Hall–Kier alpha value is -2.10. The van der Waals surface area contributed by atoms with Gasteiger partial charge in [-0.3, -0.25) is 5.41 Å². The molecular formula is C11H12N4. The fourth-order valence-electron chi connectivity index (χ4n) is 1.33. The second-order valence-corrected chi connectivity index (χ2v) is 3.11. The van der Waals surface area contributed by atoms with Gasteiger partial charge >= 0.3 is 0 Å². The zero-order valence-electron chi connectivity index (χ0n) is 8.44. The number of nitrogens with one attached hydrogen (secondary N) is 2. The van der Waals surface area contributed by atoms with Crippen LogP contribution < -0.4 is 5.32 Å². The molecule has 0 unspecified atom stereocenters. The van der Waals surface area contributed by atoms with Gasteiger partial charge in [0.05, 0.1) is 5.69 Å². The first kappa shape index (κ1) is 9.45. The second-order valence-electron chi connectivity index (χ2n) is 3.11. The van der Waals surface area contributed by atoms with Crippen molar-refractivity contribution < 1.29 is 0 Å². The van der Waals surface area contributed by atoms with Crippen LogP contribution in [0.2, 0.25) is 0 Å². The highest BCUT2D eigenvalue weighted by Gasteiger charge is 2.03. The number of hydrogen-bond donors (Lipinski definition) is 2. The van der Waals surface area contributed by atoms with Gasteiger partial charge < -0.3 is 5.32 Å². The van der Waals surface area contributed by atoms with Crippen molar-refractivity contribution in [2.75, 3.05) is 7.05 Å². The average molecular weight is 200 g/mol. The van der Waals surface area contributed by atoms with Gasteiger partial charge in [-0.05, 0) is 6.07 Å². The highest BCUT2D eigenvalue weighted by molar-refractivity contribution is 5.78. The summed E-state index contributed by atoms with van der Waals surface area (Å²) in [5.41, 5.74) is 1.93. The number of benzene rings is 1. The van der Waals surface area contributed by atoms with Gasteiger partial charge in [-0.2, -0.15) is 5.10 Å². The summed E-state index contributed by atoms with van der Waals surface area (Å²) in [6.07, 6.45) is 1.77. The molecule has 0 bridgehead atoms. The van der Waals surface area contributed by atoms with Crippen LogP contribution in [0.15, 0.2) is 42.6 Å². The van der Waals surface area contributed by atoms with Crippen LogP contribution in [0.25, 0.3) is 11.3 Å². The Kier molecular flexibility index (Phi) is 2.49. The van der Waals surface area contributed by atoms with Gasteiger partial charge in [-0.1, -0.05) is 30.3 Å². The van der Waals surface area contributed by atoms with Crippen LogP contribution >= 0.6 is 0 Å². The Morgan fingerprint density at radius 2 is 2.00 bits per heavy atom. The molecule has 0 fully saturated rings. The van der Waals surface area contributed by atoms with Crippen LogP contribution in [0.5, 0.6) is 0 Å². The zero-order valence-corrected chi connectivity index (χ0v) is 8.44. The van der Waals surface area contributed by atoms with E-state index < -0.39 is 0 Å². The van der Waals surface area contributed by atoms with Crippen molar-refractivity contribution >= 4 is 5.96 Å². The monoisotopic (exact) mass is 200 g/mol. The molecule has 0 saturated heterocycles. The molecule has 2 N–H and O–H groups in total. The van der Waals surface area contributed by atoms with E-state index in [1.54, 1.807) is 13.2 Å². The third-order valence-electron chi connectivity index (χ3n) is 2.12. The first-order valence-electron chi connectivity index (χ1n) is 4.69. The van der Waals surface area contributed by atoms with E-state index in [1.165, 1.54) is 4.68 Å². The van der Waals surface area contributed by atoms with E-state index in [9.17, 15) is 0 Å².